The Bertz CT molecular complexity index is 984. The Balaban J connectivity index is 1.52. The van der Waals surface area contributed by atoms with Crippen LogP contribution in [0.4, 0.5) is 5.69 Å². The fourth-order valence-electron chi connectivity index (χ4n) is 3.45. The Morgan fingerprint density at radius 1 is 0.963 bits per heavy atom. The number of carbonyl (C=O) groups is 1. The summed E-state index contributed by atoms with van der Waals surface area (Å²) in [5.41, 5.74) is 4.47. The van der Waals surface area contributed by atoms with E-state index >= 15 is 0 Å². The van der Waals surface area contributed by atoms with Gasteiger partial charge in [0.2, 0.25) is 0 Å². The van der Waals surface area contributed by atoms with Crippen LogP contribution in [0.5, 0.6) is 0 Å². The molecule has 4 nitrogen and oxygen atoms in total. The van der Waals surface area contributed by atoms with Crippen molar-refractivity contribution in [3.8, 4) is 11.1 Å². The molecule has 3 aromatic rings. The molecule has 0 saturated heterocycles. The number of benzene rings is 3. The number of amides is 1. The van der Waals surface area contributed by atoms with Gasteiger partial charge in [0.05, 0.1) is 5.60 Å². The second kappa shape index (κ2) is 6.69. The lowest BCUT2D eigenvalue weighted by Gasteiger charge is -2.19. The number of hydrogen-bond donors (Lipinski definition) is 2. The summed E-state index contributed by atoms with van der Waals surface area (Å²) in [6.07, 6.45) is 0. The summed E-state index contributed by atoms with van der Waals surface area (Å²) in [7, 11) is -0.975. The minimum absolute atomic E-state index is 0.192. The van der Waals surface area contributed by atoms with Gasteiger partial charge in [0.15, 0.2) is 0 Å². The summed E-state index contributed by atoms with van der Waals surface area (Å²) in [6, 6.07) is 23.0. The maximum atomic E-state index is 12.6. The van der Waals surface area contributed by atoms with Crippen molar-refractivity contribution >= 4 is 24.2 Å². The first-order valence-corrected chi connectivity index (χ1v) is 8.91. The molecule has 0 spiro atoms. The van der Waals surface area contributed by atoms with Crippen LogP contribution in [0.3, 0.4) is 0 Å². The molecule has 2 N–H and O–H groups in total. The summed E-state index contributed by atoms with van der Waals surface area (Å²) < 4.78 is 5.56. The van der Waals surface area contributed by atoms with E-state index in [-0.39, 0.29) is 5.91 Å². The fourth-order valence-corrected chi connectivity index (χ4v) is 3.45. The summed E-state index contributed by atoms with van der Waals surface area (Å²) >= 11 is 0. The Morgan fingerprint density at radius 3 is 2.33 bits per heavy atom. The smallest absolute Gasteiger partial charge is 0.423 e. The minimum Gasteiger partial charge on any atom is -0.423 e. The molecular formula is C22H20BNO3. The van der Waals surface area contributed by atoms with Crippen molar-refractivity contribution in [3.63, 3.8) is 0 Å². The predicted octanol–water partition coefficient (Wildman–Crippen LogP) is 3.56. The second-order valence-corrected chi connectivity index (χ2v) is 7.18. The highest BCUT2D eigenvalue weighted by atomic mass is 16.5. The van der Waals surface area contributed by atoms with Gasteiger partial charge in [0, 0.05) is 11.3 Å². The molecule has 1 aliphatic heterocycles. The average molecular weight is 357 g/mol. The van der Waals surface area contributed by atoms with E-state index in [0.717, 1.165) is 16.7 Å². The third-order valence-corrected chi connectivity index (χ3v) is 4.88. The van der Waals surface area contributed by atoms with E-state index in [1.807, 2.05) is 80.6 Å². The van der Waals surface area contributed by atoms with Gasteiger partial charge in [-0.15, -0.1) is 0 Å². The van der Waals surface area contributed by atoms with Crippen molar-refractivity contribution in [1.82, 2.24) is 0 Å². The lowest BCUT2D eigenvalue weighted by Crippen LogP contribution is -2.29. The van der Waals surface area contributed by atoms with Gasteiger partial charge in [-0.25, -0.2) is 0 Å². The van der Waals surface area contributed by atoms with Crippen molar-refractivity contribution in [3.05, 3.63) is 83.9 Å². The Hall–Kier alpha value is -2.89. The Morgan fingerprint density at radius 2 is 1.63 bits per heavy atom. The van der Waals surface area contributed by atoms with Crippen LogP contribution >= 0.6 is 0 Å². The number of anilines is 1. The van der Waals surface area contributed by atoms with Gasteiger partial charge in [-0.05, 0) is 60.3 Å². The van der Waals surface area contributed by atoms with E-state index in [1.54, 1.807) is 6.07 Å². The molecule has 0 unspecified atom stereocenters. The summed E-state index contributed by atoms with van der Waals surface area (Å²) in [4.78, 5) is 12.6. The van der Waals surface area contributed by atoms with Gasteiger partial charge < -0.3 is 15.0 Å². The first-order chi connectivity index (χ1) is 12.9. The topological polar surface area (TPSA) is 58.6 Å². The van der Waals surface area contributed by atoms with Crippen molar-refractivity contribution in [2.45, 2.75) is 19.4 Å². The normalized spacial score (nSPS) is 14.7. The molecular weight excluding hydrogens is 337 g/mol. The second-order valence-electron chi connectivity index (χ2n) is 7.18. The van der Waals surface area contributed by atoms with Crippen LogP contribution in [-0.2, 0) is 10.3 Å². The van der Waals surface area contributed by atoms with E-state index < -0.39 is 12.7 Å². The van der Waals surface area contributed by atoms with Gasteiger partial charge in [-0.2, -0.15) is 0 Å². The highest BCUT2D eigenvalue weighted by Crippen LogP contribution is 2.30. The maximum Gasteiger partial charge on any atom is 0.492 e. The Labute approximate surface area is 159 Å². The number of hydrogen-bond acceptors (Lipinski definition) is 3. The maximum absolute atomic E-state index is 12.6. The van der Waals surface area contributed by atoms with Crippen molar-refractivity contribution in [1.29, 1.82) is 0 Å². The highest BCUT2D eigenvalue weighted by molar-refractivity contribution is 6.62. The van der Waals surface area contributed by atoms with Crippen LogP contribution in [0.15, 0.2) is 72.8 Å². The van der Waals surface area contributed by atoms with Gasteiger partial charge in [-0.1, -0.05) is 48.5 Å². The molecule has 0 radical (unpaired) electrons. The summed E-state index contributed by atoms with van der Waals surface area (Å²) in [5.74, 6) is -0.192. The Kier molecular flexibility index (Phi) is 4.34. The van der Waals surface area contributed by atoms with E-state index in [0.29, 0.717) is 16.7 Å². The van der Waals surface area contributed by atoms with E-state index in [4.69, 9.17) is 4.65 Å². The molecule has 0 aliphatic carbocycles. The standard InChI is InChI=1S/C22H20BNO3/c1-22(2)19-13-12-18(14-20(19)23(26)27-22)24-21(25)17-10-8-16(9-11-17)15-6-4-3-5-7-15/h3-14,26H,1-2H3,(H,24,25). The first kappa shape index (κ1) is 17.5. The van der Waals surface area contributed by atoms with Crippen LogP contribution in [0.25, 0.3) is 11.1 Å². The largest absolute Gasteiger partial charge is 0.492 e. The molecule has 0 fully saturated rings. The predicted molar refractivity (Wildman–Crippen MR) is 108 cm³/mol. The molecule has 0 atom stereocenters. The zero-order valence-corrected chi connectivity index (χ0v) is 15.3. The zero-order chi connectivity index (χ0) is 19.0. The molecule has 0 aromatic heterocycles. The molecule has 27 heavy (non-hydrogen) atoms. The average Bonchev–Trinajstić information content (AvgIpc) is 2.91. The molecule has 4 rings (SSSR count). The molecule has 3 aromatic carbocycles. The number of rotatable bonds is 3. The minimum atomic E-state index is -0.975. The zero-order valence-electron chi connectivity index (χ0n) is 15.3. The molecule has 134 valence electrons. The van der Waals surface area contributed by atoms with Crippen LogP contribution in [0.2, 0.25) is 0 Å². The lowest BCUT2D eigenvalue weighted by molar-refractivity contribution is 0.101. The SMILES string of the molecule is CC1(C)OB(O)c2cc(NC(=O)c3ccc(-c4ccccc4)cc3)ccc21. The monoisotopic (exact) mass is 357 g/mol. The van der Waals surface area contributed by atoms with Crippen LogP contribution in [0, 0.1) is 0 Å². The quantitative estimate of drug-likeness (QED) is 0.705. The van der Waals surface area contributed by atoms with Crippen LogP contribution < -0.4 is 10.8 Å². The van der Waals surface area contributed by atoms with Gasteiger partial charge >= 0.3 is 7.12 Å². The third kappa shape index (κ3) is 3.39. The van der Waals surface area contributed by atoms with E-state index in [2.05, 4.69) is 5.32 Å². The van der Waals surface area contributed by atoms with Crippen molar-refractivity contribution < 1.29 is 14.5 Å². The van der Waals surface area contributed by atoms with Gasteiger partial charge in [0.1, 0.15) is 0 Å². The molecule has 1 aliphatic rings. The molecule has 0 bridgehead atoms. The number of fused-ring (bicyclic) bond motifs is 1. The van der Waals surface area contributed by atoms with Crippen LogP contribution in [0.1, 0.15) is 29.8 Å². The highest BCUT2D eigenvalue weighted by Gasteiger charge is 2.40. The molecule has 0 saturated carbocycles. The van der Waals surface area contributed by atoms with E-state index in [9.17, 15) is 9.82 Å². The summed E-state index contributed by atoms with van der Waals surface area (Å²) in [6.45, 7) is 3.82. The lowest BCUT2D eigenvalue weighted by atomic mass is 9.78. The van der Waals surface area contributed by atoms with Gasteiger partial charge in [0.25, 0.3) is 5.91 Å². The number of carbonyl (C=O) groups excluding carboxylic acids is 1. The molecule has 5 heteroatoms. The van der Waals surface area contributed by atoms with Crippen molar-refractivity contribution in [2.75, 3.05) is 5.32 Å². The fraction of sp³-hybridized carbons (Fsp3) is 0.136. The summed E-state index contributed by atoms with van der Waals surface area (Å²) in [5, 5.41) is 13.0. The molecule has 1 amide bonds. The third-order valence-electron chi connectivity index (χ3n) is 4.88. The molecule has 1 heterocycles. The van der Waals surface area contributed by atoms with Crippen LogP contribution in [-0.4, -0.2) is 18.0 Å². The van der Waals surface area contributed by atoms with Gasteiger partial charge in [-0.3, -0.25) is 4.79 Å². The number of nitrogens with one attached hydrogen (secondary N) is 1. The first-order valence-electron chi connectivity index (χ1n) is 8.91. The van der Waals surface area contributed by atoms with Crippen molar-refractivity contribution in [2.24, 2.45) is 0 Å². The van der Waals surface area contributed by atoms with E-state index in [1.165, 1.54) is 0 Å².